The number of nitrogens with zero attached hydrogens (tertiary/aromatic N) is 1. The van der Waals surface area contributed by atoms with Crippen molar-refractivity contribution in [3.8, 4) is 17.0 Å². The number of aliphatic hydroxyl groups is 6. The number of benzene rings is 1. The predicted molar refractivity (Wildman–Crippen MR) is 335 cm³/mol. The van der Waals surface area contributed by atoms with Crippen molar-refractivity contribution in [2.24, 2.45) is 11.5 Å². The zero-order valence-corrected chi connectivity index (χ0v) is 53.4. The quantitative estimate of drug-likeness (QED) is 0.0314. The Balaban J connectivity index is 1.64. The fourth-order valence-corrected chi connectivity index (χ4v) is 10.1. The number of aromatic amines is 1. The van der Waals surface area contributed by atoms with Gasteiger partial charge in [0.05, 0.1) is 49.8 Å². The zero-order valence-electron chi connectivity index (χ0n) is 53.4. The van der Waals surface area contributed by atoms with Gasteiger partial charge < -0.3 is 115 Å². The van der Waals surface area contributed by atoms with E-state index in [9.17, 15) is 93.3 Å². The van der Waals surface area contributed by atoms with Gasteiger partial charge in [0.25, 0.3) is 17.7 Å². The van der Waals surface area contributed by atoms with Crippen LogP contribution in [0.2, 0.25) is 0 Å². The molecule has 3 aliphatic heterocycles. The second-order valence-corrected chi connectivity index (χ2v) is 23.0. The van der Waals surface area contributed by atoms with E-state index < -0.39 is 225 Å². The third-order valence-corrected chi connectivity index (χ3v) is 15.4. The van der Waals surface area contributed by atoms with E-state index in [1.807, 2.05) is 6.08 Å². The largest absolute Gasteiger partial charge is 0.507 e. The molecule has 4 bridgehead atoms. The highest BCUT2D eigenvalue weighted by Crippen LogP contribution is 2.32. The smallest absolute Gasteiger partial charge is 0.268 e. The second-order valence-electron chi connectivity index (χ2n) is 23.0. The predicted octanol–water partition coefficient (Wildman–Crippen LogP) is -6.39. The number of phenols is 1. The van der Waals surface area contributed by atoms with E-state index in [2.05, 4.69) is 70.1 Å². The van der Waals surface area contributed by atoms with Gasteiger partial charge in [-0.25, -0.2) is 4.98 Å². The molecule has 1 aromatic heterocycles. The summed E-state index contributed by atoms with van der Waals surface area (Å²) in [7, 11) is 0. The molecule has 12 amide bonds. The Labute approximate surface area is 550 Å². The van der Waals surface area contributed by atoms with Gasteiger partial charge in [0, 0.05) is 30.5 Å². The average molecular weight is 1350 g/mol. The topological polar surface area (TPSA) is 566 Å². The molecule has 4 unspecified atom stereocenters. The minimum absolute atomic E-state index is 0.00386. The van der Waals surface area contributed by atoms with Crippen molar-refractivity contribution in [1.82, 2.24) is 63.1 Å². The van der Waals surface area contributed by atoms with Crippen molar-refractivity contribution >= 4 is 70.9 Å². The van der Waals surface area contributed by atoms with E-state index in [0.717, 1.165) is 58.0 Å². The number of hydrogen-bond acceptors (Lipinski definition) is 22. The molecule has 0 saturated carbocycles. The van der Waals surface area contributed by atoms with Gasteiger partial charge in [0.2, 0.25) is 53.2 Å². The van der Waals surface area contributed by atoms with Gasteiger partial charge in [-0.1, -0.05) is 68.7 Å². The number of carbonyl (C=O) groups is 12. The van der Waals surface area contributed by atoms with E-state index in [4.69, 9.17) is 20.9 Å². The summed E-state index contributed by atoms with van der Waals surface area (Å²) in [5, 5.41) is 99.6. The third-order valence-electron chi connectivity index (χ3n) is 15.4. The van der Waals surface area contributed by atoms with E-state index in [0.29, 0.717) is 6.42 Å². The minimum atomic E-state index is -2.25. The Kier molecular flexibility index (Phi) is 29.7. The number of rotatable bonds is 21. The van der Waals surface area contributed by atoms with Gasteiger partial charge in [-0.15, -0.1) is 0 Å². The van der Waals surface area contributed by atoms with Gasteiger partial charge in [0.15, 0.2) is 12.4 Å². The van der Waals surface area contributed by atoms with E-state index in [1.165, 1.54) is 44.2 Å². The molecule has 1 saturated heterocycles. The van der Waals surface area contributed by atoms with Crippen molar-refractivity contribution in [3.63, 3.8) is 0 Å². The maximum Gasteiger partial charge on any atom is 0.268 e. The number of amides is 12. The van der Waals surface area contributed by atoms with Crippen LogP contribution in [0.25, 0.3) is 11.3 Å². The molecule has 3 aliphatic rings. The van der Waals surface area contributed by atoms with Crippen LogP contribution in [-0.2, 0) is 79.8 Å². The zero-order chi connectivity index (χ0) is 71.1. The lowest BCUT2D eigenvalue weighted by molar-refractivity contribution is -0.283. The third kappa shape index (κ3) is 22.3. The monoisotopic (exact) mass is 1350 g/mol. The summed E-state index contributed by atoms with van der Waals surface area (Å²) in [6, 6.07) is -9.64. The van der Waals surface area contributed by atoms with Gasteiger partial charge in [-0.05, 0) is 64.7 Å². The number of aromatic nitrogens is 2. The number of ether oxygens (including phenoxy) is 2. The van der Waals surface area contributed by atoms with E-state index in [-0.39, 0.29) is 22.5 Å². The minimum Gasteiger partial charge on any atom is -0.507 e. The van der Waals surface area contributed by atoms with Crippen molar-refractivity contribution in [3.05, 3.63) is 83.6 Å². The van der Waals surface area contributed by atoms with Crippen LogP contribution in [0.1, 0.15) is 97.2 Å². The number of primary amides is 2. The number of aliphatic hydroxyl groups excluding tert-OH is 6. The second kappa shape index (κ2) is 37.0. The maximum absolute atomic E-state index is 15.0. The van der Waals surface area contributed by atoms with Crippen LogP contribution >= 0.6 is 0 Å². The lowest BCUT2D eigenvalue weighted by Crippen LogP contribution is -2.64. The Morgan fingerprint density at radius 2 is 1.52 bits per heavy atom. The summed E-state index contributed by atoms with van der Waals surface area (Å²) >= 11 is 0. The number of allylic oxidation sites excluding steroid dienone is 5. The van der Waals surface area contributed by atoms with Crippen LogP contribution in [0.3, 0.4) is 0 Å². The molecule has 2 aromatic rings. The Morgan fingerprint density at radius 1 is 0.812 bits per heavy atom. The maximum atomic E-state index is 15.0. The van der Waals surface area contributed by atoms with E-state index >= 15 is 0 Å². The molecule has 0 aliphatic carbocycles. The summed E-state index contributed by atoms with van der Waals surface area (Å²) in [5.41, 5.74) is 9.40. The van der Waals surface area contributed by atoms with Crippen LogP contribution in [0.5, 0.6) is 5.75 Å². The molecule has 526 valence electrons. The number of unbranched alkanes of at least 4 members (excludes halogenated alkanes) is 4. The van der Waals surface area contributed by atoms with Crippen LogP contribution in [-0.4, -0.2) is 221 Å². The standard InChI is InChI=1S/C61H86N14O21/c1-6-9-10-11-12-13-14-15-16-41(96-61-51(85)49(83)40(79)26-95-61)50(84)60(94)70-33(8-3)52(86)73-45-28(4)67-55(89)37-23-35-47(66-27-65-35)31-21-30(17-19-38(31)77)22-36(72-59(93)46(29(5)76)74-58(45)92)56(90)69-32(7-2)53(87)75-48(39(78)24-43(63)81)57(91)64-25-44(82)68-34(54(88)71-37)18-20-42(62)80/h7-8,13-17,19,21,27-29,34,36-37,39-41,45-46,48-51,61,76-79,83-85H,6,9-12,18,20,22-26H2,1-5H3,(H2,62,80)(H2,63,81)(H,64,91)(H,65,66)(H,67,89)(H,68,82)(H,69,90)(H,70,94)(H,71,88)(H,72,93)(H,73,86)(H,74,92)(H,75,87)/b14-13+,16-15+,32-7+,33-8+/t28-,29+,34?,36?,37-,39-,40+,41+,45-,46+,48?,49-,50-,51-,61?/m0/s1. The van der Waals surface area contributed by atoms with Crippen molar-refractivity contribution in [2.75, 3.05) is 13.2 Å². The van der Waals surface area contributed by atoms with Crippen molar-refractivity contribution in [1.29, 1.82) is 0 Å². The lowest BCUT2D eigenvalue weighted by atomic mass is 9.97. The molecule has 1 fully saturated rings. The molecule has 35 nitrogen and oxygen atoms in total. The molecule has 0 radical (unpaired) electrons. The summed E-state index contributed by atoms with van der Waals surface area (Å²) < 4.78 is 11.1. The number of nitrogens with two attached hydrogens (primary N) is 2. The molecule has 35 heteroatoms. The number of imidazole rings is 1. The lowest BCUT2D eigenvalue weighted by Gasteiger charge is -2.36. The number of phenolic OH excluding ortho intramolecular Hbond substituents is 1. The first-order chi connectivity index (χ1) is 45.5. The number of hydrogen-bond donors (Lipinski definition) is 20. The molecule has 96 heavy (non-hydrogen) atoms. The normalized spacial score (nSPS) is 26.5. The van der Waals surface area contributed by atoms with Crippen molar-refractivity contribution < 1.29 is 103 Å². The summed E-state index contributed by atoms with van der Waals surface area (Å²) in [4.78, 5) is 175. The fraction of sp³-hybridized carbons (Fsp3) is 0.525. The number of nitrogens with one attached hydrogen (secondary N) is 11. The van der Waals surface area contributed by atoms with Crippen LogP contribution < -0.4 is 64.6 Å². The van der Waals surface area contributed by atoms with Gasteiger partial charge in [-0.2, -0.15) is 0 Å². The Hall–Kier alpha value is -9.49. The highest BCUT2D eigenvalue weighted by atomic mass is 16.7. The molecule has 5 rings (SSSR count). The van der Waals surface area contributed by atoms with Gasteiger partial charge in [-0.3, -0.25) is 57.5 Å². The molecule has 0 spiro atoms. The Morgan fingerprint density at radius 3 is 2.19 bits per heavy atom. The number of carbonyl (C=O) groups excluding carboxylic acids is 12. The molecular weight excluding hydrogens is 1260 g/mol. The summed E-state index contributed by atoms with van der Waals surface area (Å²) in [5.74, 6) is -15.2. The molecular formula is C61H86N14O21. The van der Waals surface area contributed by atoms with Gasteiger partial charge in [0.1, 0.15) is 77.8 Å². The summed E-state index contributed by atoms with van der Waals surface area (Å²) in [6.45, 7) is 5.22. The van der Waals surface area contributed by atoms with Crippen LogP contribution in [0.4, 0.5) is 0 Å². The number of aromatic hydroxyl groups is 1. The van der Waals surface area contributed by atoms with Crippen LogP contribution in [0.15, 0.2) is 72.4 Å². The Bertz CT molecular complexity index is 3280. The number of H-pyrrole nitrogens is 1. The summed E-state index contributed by atoms with van der Waals surface area (Å²) in [6.07, 6.45) is -4.22. The highest BCUT2D eigenvalue weighted by Gasteiger charge is 2.43. The first-order valence-corrected chi connectivity index (χ1v) is 30.9. The fourth-order valence-electron chi connectivity index (χ4n) is 10.1. The molecule has 22 N–H and O–H groups in total. The molecule has 15 atom stereocenters. The first-order valence-electron chi connectivity index (χ1n) is 30.9. The molecule has 1 aromatic carbocycles. The molecule has 4 heterocycles. The highest BCUT2D eigenvalue weighted by molar-refractivity contribution is 6.04. The van der Waals surface area contributed by atoms with Crippen LogP contribution in [0, 0.1) is 0 Å². The SMILES string of the molecule is C/C=C1/NC(=O)C2Cc3ccc(O)c(c3)-c3nc[nH]c3C[C@H](NC(=O)C(CCC(N)=O)NC(=O)CNC(=O)C([C@@H](O)CC(N)=O)NC1=O)C(=O)N[C@@H](C)[C@H](NC(=O)/C(=C\C)NC(=O)[C@@H](O)[C@@H](/C=C/C=C/CCCCCC)OC1OC[C@@H](O)[C@H](O)[C@@H]1O)C(=O)N[C@H]([C@@H](C)O)C(=O)N2. The number of fused-ring (bicyclic) bond motifs is 2. The van der Waals surface area contributed by atoms with Gasteiger partial charge >= 0.3 is 0 Å². The van der Waals surface area contributed by atoms with Crippen molar-refractivity contribution in [2.45, 2.75) is 190 Å². The average Bonchev–Trinajstić information content (AvgIpc) is 1.42. The first kappa shape index (κ1) is 77.2. The van der Waals surface area contributed by atoms with E-state index in [1.54, 1.807) is 6.08 Å².